The van der Waals surface area contributed by atoms with Crippen LogP contribution in [0.2, 0.25) is 0 Å². The Kier molecular flexibility index (Phi) is 3.53. The van der Waals surface area contributed by atoms with Gasteiger partial charge in [0.1, 0.15) is 0 Å². The number of hydrogen-bond donors (Lipinski definition) is 2. The summed E-state index contributed by atoms with van der Waals surface area (Å²) in [6, 6.07) is 0.845. The van der Waals surface area contributed by atoms with Crippen LogP contribution in [0.15, 0.2) is 0 Å². The van der Waals surface area contributed by atoms with Gasteiger partial charge in [0.15, 0.2) is 0 Å². The molecule has 1 saturated carbocycles. The molecule has 4 unspecified atom stereocenters. The first kappa shape index (κ1) is 11.9. The van der Waals surface area contributed by atoms with Crippen LogP contribution in [0.5, 0.6) is 0 Å². The number of nitrogens with two attached hydrogens (primary N) is 1. The van der Waals surface area contributed by atoms with E-state index in [1.807, 2.05) is 0 Å². The topological polar surface area (TPSA) is 55.1 Å². The van der Waals surface area contributed by atoms with Crippen LogP contribution in [0.3, 0.4) is 0 Å². The van der Waals surface area contributed by atoms with E-state index in [9.17, 15) is 4.79 Å². The zero-order valence-electron chi connectivity index (χ0n) is 10.4. The average Bonchev–Trinajstić information content (AvgIpc) is 2.09. The van der Waals surface area contributed by atoms with Crippen molar-refractivity contribution in [2.75, 3.05) is 0 Å². The van der Waals surface area contributed by atoms with Crippen LogP contribution in [0.4, 0.5) is 0 Å². The first-order chi connectivity index (χ1) is 7.58. The SMILES string of the molecule is CC1CC(C)C(C(N)=O)C(CC2CCC2)N1. The molecule has 2 rings (SSSR count). The molecule has 3 heteroatoms. The van der Waals surface area contributed by atoms with Gasteiger partial charge in [-0.05, 0) is 31.6 Å². The van der Waals surface area contributed by atoms with Crippen molar-refractivity contribution in [2.45, 2.75) is 58.0 Å². The number of piperidine rings is 1. The summed E-state index contributed by atoms with van der Waals surface area (Å²) in [6.45, 7) is 4.38. The maximum Gasteiger partial charge on any atom is 0.222 e. The molecular weight excluding hydrogens is 200 g/mol. The van der Waals surface area contributed by atoms with Gasteiger partial charge in [0.05, 0.1) is 5.92 Å². The molecular formula is C13H24N2O. The van der Waals surface area contributed by atoms with Gasteiger partial charge < -0.3 is 11.1 Å². The zero-order valence-corrected chi connectivity index (χ0v) is 10.4. The Hall–Kier alpha value is -0.570. The number of primary amides is 1. The predicted molar refractivity (Wildman–Crippen MR) is 64.8 cm³/mol. The summed E-state index contributed by atoms with van der Waals surface area (Å²) in [7, 11) is 0. The molecule has 0 radical (unpaired) electrons. The fourth-order valence-corrected chi connectivity index (χ4v) is 3.42. The van der Waals surface area contributed by atoms with E-state index < -0.39 is 0 Å². The molecule has 0 aromatic heterocycles. The Labute approximate surface area is 98.2 Å². The first-order valence-corrected chi connectivity index (χ1v) is 6.63. The maximum absolute atomic E-state index is 11.6. The minimum Gasteiger partial charge on any atom is -0.369 e. The number of amides is 1. The van der Waals surface area contributed by atoms with Crippen molar-refractivity contribution in [3.8, 4) is 0 Å². The van der Waals surface area contributed by atoms with Gasteiger partial charge in [0.25, 0.3) is 0 Å². The molecule has 1 aliphatic carbocycles. The largest absolute Gasteiger partial charge is 0.369 e. The molecule has 1 heterocycles. The average molecular weight is 224 g/mol. The van der Waals surface area contributed by atoms with Gasteiger partial charge in [-0.15, -0.1) is 0 Å². The van der Waals surface area contributed by atoms with Crippen molar-refractivity contribution in [2.24, 2.45) is 23.5 Å². The molecule has 0 bridgehead atoms. The van der Waals surface area contributed by atoms with Crippen molar-refractivity contribution in [3.05, 3.63) is 0 Å². The Bertz CT molecular complexity index is 263. The minimum atomic E-state index is -0.115. The zero-order chi connectivity index (χ0) is 11.7. The van der Waals surface area contributed by atoms with Crippen molar-refractivity contribution >= 4 is 5.91 Å². The normalized spacial score (nSPS) is 40.4. The number of nitrogens with one attached hydrogen (secondary N) is 1. The molecule has 16 heavy (non-hydrogen) atoms. The van der Waals surface area contributed by atoms with Crippen LogP contribution in [-0.2, 0) is 4.79 Å². The van der Waals surface area contributed by atoms with E-state index in [4.69, 9.17) is 5.73 Å². The van der Waals surface area contributed by atoms with E-state index in [1.54, 1.807) is 0 Å². The summed E-state index contributed by atoms with van der Waals surface area (Å²) in [5.41, 5.74) is 5.55. The van der Waals surface area contributed by atoms with Crippen LogP contribution in [0.1, 0.15) is 46.0 Å². The molecule has 0 spiro atoms. The lowest BCUT2D eigenvalue weighted by atomic mass is 9.72. The number of hydrogen-bond acceptors (Lipinski definition) is 2. The summed E-state index contributed by atoms with van der Waals surface area (Å²) in [6.07, 6.45) is 6.25. The summed E-state index contributed by atoms with van der Waals surface area (Å²) < 4.78 is 0. The molecule has 2 fully saturated rings. The van der Waals surface area contributed by atoms with Crippen LogP contribution in [0.25, 0.3) is 0 Å². The molecule has 3 N–H and O–H groups in total. The molecule has 1 aliphatic heterocycles. The summed E-state index contributed by atoms with van der Waals surface area (Å²) >= 11 is 0. The molecule has 0 aromatic carbocycles. The standard InChI is InChI=1S/C13H24N2O/c1-8-6-9(2)15-11(12(8)13(14)16)7-10-4-3-5-10/h8-12,15H,3-7H2,1-2H3,(H2,14,16). The van der Waals surface area contributed by atoms with E-state index in [2.05, 4.69) is 19.2 Å². The third-order valence-corrected chi connectivity index (χ3v) is 4.41. The van der Waals surface area contributed by atoms with Crippen molar-refractivity contribution < 1.29 is 4.79 Å². The van der Waals surface area contributed by atoms with Gasteiger partial charge in [0.2, 0.25) is 5.91 Å². The summed E-state index contributed by atoms with van der Waals surface area (Å²) in [5.74, 6) is 1.18. The van der Waals surface area contributed by atoms with E-state index in [1.165, 1.54) is 19.3 Å². The van der Waals surface area contributed by atoms with Gasteiger partial charge in [-0.1, -0.05) is 26.2 Å². The van der Waals surface area contributed by atoms with E-state index in [0.29, 0.717) is 18.0 Å². The van der Waals surface area contributed by atoms with Gasteiger partial charge in [-0.3, -0.25) is 4.79 Å². The molecule has 2 aliphatic rings. The summed E-state index contributed by atoms with van der Waals surface area (Å²) in [4.78, 5) is 11.6. The fourth-order valence-electron chi connectivity index (χ4n) is 3.42. The second-order valence-corrected chi connectivity index (χ2v) is 5.85. The first-order valence-electron chi connectivity index (χ1n) is 6.63. The van der Waals surface area contributed by atoms with E-state index >= 15 is 0 Å². The lowest BCUT2D eigenvalue weighted by molar-refractivity contribution is -0.125. The third-order valence-electron chi connectivity index (χ3n) is 4.41. The van der Waals surface area contributed by atoms with Gasteiger partial charge in [-0.25, -0.2) is 0 Å². The van der Waals surface area contributed by atoms with Crippen molar-refractivity contribution in [1.82, 2.24) is 5.32 Å². The van der Waals surface area contributed by atoms with Crippen molar-refractivity contribution in [1.29, 1.82) is 0 Å². The highest BCUT2D eigenvalue weighted by Gasteiger charge is 2.38. The molecule has 0 aromatic rings. The molecule has 4 atom stereocenters. The lowest BCUT2D eigenvalue weighted by Gasteiger charge is -2.42. The second-order valence-electron chi connectivity index (χ2n) is 5.85. The van der Waals surface area contributed by atoms with Crippen LogP contribution in [0, 0.1) is 17.8 Å². The highest BCUT2D eigenvalue weighted by Crippen LogP contribution is 2.36. The lowest BCUT2D eigenvalue weighted by Crippen LogP contribution is -2.55. The molecule has 92 valence electrons. The highest BCUT2D eigenvalue weighted by atomic mass is 16.1. The number of rotatable bonds is 3. The third kappa shape index (κ3) is 2.40. The monoisotopic (exact) mass is 224 g/mol. The Morgan fingerprint density at radius 2 is 2.06 bits per heavy atom. The minimum absolute atomic E-state index is 0.0387. The fraction of sp³-hybridized carbons (Fsp3) is 0.923. The molecule has 1 saturated heterocycles. The Morgan fingerprint density at radius 1 is 1.38 bits per heavy atom. The smallest absolute Gasteiger partial charge is 0.222 e. The van der Waals surface area contributed by atoms with Gasteiger partial charge >= 0.3 is 0 Å². The molecule has 3 nitrogen and oxygen atoms in total. The quantitative estimate of drug-likeness (QED) is 0.766. The number of carbonyl (C=O) groups is 1. The van der Waals surface area contributed by atoms with E-state index in [0.717, 1.165) is 18.8 Å². The predicted octanol–water partition coefficient (Wildman–Crippen LogP) is 1.66. The van der Waals surface area contributed by atoms with Crippen LogP contribution < -0.4 is 11.1 Å². The molecule has 1 amide bonds. The Morgan fingerprint density at radius 3 is 2.56 bits per heavy atom. The highest BCUT2D eigenvalue weighted by molar-refractivity contribution is 5.78. The van der Waals surface area contributed by atoms with Crippen LogP contribution in [-0.4, -0.2) is 18.0 Å². The summed E-state index contributed by atoms with van der Waals surface area (Å²) in [5, 5.41) is 3.58. The second kappa shape index (κ2) is 4.74. The maximum atomic E-state index is 11.6. The van der Waals surface area contributed by atoms with Crippen LogP contribution >= 0.6 is 0 Å². The van der Waals surface area contributed by atoms with Crippen molar-refractivity contribution in [3.63, 3.8) is 0 Å². The van der Waals surface area contributed by atoms with Gasteiger partial charge in [-0.2, -0.15) is 0 Å². The number of carbonyl (C=O) groups excluding carboxylic acids is 1. The van der Waals surface area contributed by atoms with E-state index in [-0.39, 0.29) is 11.8 Å². The Balaban J connectivity index is 2.01. The van der Waals surface area contributed by atoms with Gasteiger partial charge in [0, 0.05) is 12.1 Å².